The molecule has 2 aromatic rings. The number of thioether (sulfide) groups is 1. The zero-order valence-corrected chi connectivity index (χ0v) is 17.0. The Kier molecular flexibility index (Phi) is 7.52. The molecule has 0 aliphatic heterocycles. The molecule has 0 aliphatic carbocycles. The highest BCUT2D eigenvalue weighted by atomic mass is 32.2. The van der Waals surface area contributed by atoms with Crippen LogP contribution in [-0.2, 0) is 14.8 Å². The first kappa shape index (κ1) is 21.1. The van der Waals surface area contributed by atoms with E-state index in [0.29, 0.717) is 24.7 Å². The van der Waals surface area contributed by atoms with Gasteiger partial charge in [-0.25, -0.2) is 8.42 Å². The van der Waals surface area contributed by atoms with Gasteiger partial charge in [0.05, 0.1) is 11.5 Å². The van der Waals surface area contributed by atoms with Crippen LogP contribution in [0.2, 0.25) is 0 Å². The maximum absolute atomic E-state index is 12.5. The lowest BCUT2D eigenvalue weighted by molar-refractivity contribution is 0.146. The summed E-state index contributed by atoms with van der Waals surface area (Å²) in [5.41, 5.74) is 0.414. The van der Waals surface area contributed by atoms with Gasteiger partial charge in [0.15, 0.2) is 0 Å². The fourth-order valence-electron chi connectivity index (χ4n) is 1.96. The Morgan fingerprint density at radius 2 is 1.67 bits per heavy atom. The number of methoxy groups -OCH3 is 1. The Bertz CT molecular complexity index is 850. The van der Waals surface area contributed by atoms with Crippen molar-refractivity contribution in [3.8, 4) is 5.75 Å². The second kappa shape index (κ2) is 9.63. The first-order valence-electron chi connectivity index (χ1n) is 8.05. The third-order valence-corrected chi connectivity index (χ3v) is 5.81. The number of ether oxygens (including phenoxy) is 2. The van der Waals surface area contributed by atoms with Crippen LogP contribution >= 0.6 is 11.8 Å². The van der Waals surface area contributed by atoms with Crippen LogP contribution in [0.4, 0.5) is 10.5 Å². The van der Waals surface area contributed by atoms with Crippen molar-refractivity contribution in [1.29, 1.82) is 0 Å². The summed E-state index contributed by atoms with van der Waals surface area (Å²) >= 11 is 1.07. The van der Waals surface area contributed by atoms with Crippen LogP contribution in [0.5, 0.6) is 5.75 Å². The summed E-state index contributed by atoms with van der Waals surface area (Å²) in [6, 6.07) is 12.8. The van der Waals surface area contributed by atoms with Crippen molar-refractivity contribution in [1.82, 2.24) is 4.90 Å². The molecule has 9 heteroatoms. The molecule has 0 saturated carbocycles. The molecule has 27 heavy (non-hydrogen) atoms. The Balaban J connectivity index is 2.02. The van der Waals surface area contributed by atoms with Crippen molar-refractivity contribution in [2.24, 2.45) is 0 Å². The van der Waals surface area contributed by atoms with Gasteiger partial charge in [-0.2, -0.15) is 0 Å². The molecule has 0 heterocycles. The van der Waals surface area contributed by atoms with Gasteiger partial charge in [0.1, 0.15) is 12.4 Å². The van der Waals surface area contributed by atoms with E-state index in [4.69, 9.17) is 9.47 Å². The molecule has 0 radical (unpaired) electrons. The number of carbonyl (C=O) groups is 1. The third kappa shape index (κ3) is 6.46. The first-order valence-corrected chi connectivity index (χ1v) is 10.4. The summed E-state index contributed by atoms with van der Waals surface area (Å²) in [7, 11) is 1.21. The van der Waals surface area contributed by atoms with E-state index in [9.17, 15) is 13.2 Å². The smallest absolute Gasteiger partial charge is 0.285 e. The highest BCUT2D eigenvalue weighted by Crippen LogP contribution is 2.24. The minimum absolute atomic E-state index is 0.101. The van der Waals surface area contributed by atoms with E-state index in [2.05, 4.69) is 4.72 Å². The summed E-state index contributed by atoms with van der Waals surface area (Å²) < 4.78 is 37.8. The van der Waals surface area contributed by atoms with E-state index in [0.717, 1.165) is 16.7 Å². The normalized spacial score (nSPS) is 11.1. The SMILES string of the molecule is COCCOc1ccc(S(=O)(=O)Nc2ccc(SC(=O)N(C)C)cc2)cc1. The molecule has 0 aromatic heterocycles. The van der Waals surface area contributed by atoms with Gasteiger partial charge in [-0.1, -0.05) is 0 Å². The predicted octanol–water partition coefficient (Wildman–Crippen LogP) is 3.29. The molecule has 2 rings (SSSR count). The Labute approximate surface area is 163 Å². The van der Waals surface area contributed by atoms with Gasteiger partial charge < -0.3 is 14.4 Å². The van der Waals surface area contributed by atoms with Gasteiger partial charge in [-0.05, 0) is 60.3 Å². The number of sulfonamides is 1. The molecule has 2 aromatic carbocycles. The lowest BCUT2D eigenvalue weighted by atomic mass is 10.3. The fraction of sp³-hybridized carbons (Fsp3) is 0.278. The average Bonchev–Trinajstić information content (AvgIpc) is 2.63. The van der Waals surface area contributed by atoms with E-state index in [1.54, 1.807) is 57.6 Å². The summed E-state index contributed by atoms with van der Waals surface area (Å²) in [5.74, 6) is 0.568. The van der Waals surface area contributed by atoms with Crippen LogP contribution in [0.3, 0.4) is 0 Å². The maximum Gasteiger partial charge on any atom is 0.285 e. The van der Waals surface area contributed by atoms with Gasteiger partial charge in [0.2, 0.25) is 0 Å². The molecule has 1 amide bonds. The number of carbonyl (C=O) groups excluding carboxylic acids is 1. The number of rotatable bonds is 8. The summed E-state index contributed by atoms with van der Waals surface area (Å²) in [5, 5.41) is -0.101. The molecule has 0 bridgehead atoms. The topological polar surface area (TPSA) is 84.9 Å². The molecule has 0 atom stereocenters. The van der Waals surface area contributed by atoms with Crippen LogP contribution in [-0.4, -0.2) is 53.0 Å². The number of nitrogens with one attached hydrogen (secondary N) is 1. The number of anilines is 1. The largest absolute Gasteiger partial charge is 0.491 e. The molecule has 7 nitrogen and oxygen atoms in total. The van der Waals surface area contributed by atoms with Crippen molar-refractivity contribution in [2.75, 3.05) is 39.1 Å². The third-order valence-electron chi connectivity index (χ3n) is 3.37. The molecular formula is C18H22N2O5S2. The Morgan fingerprint density at radius 3 is 2.22 bits per heavy atom. The molecular weight excluding hydrogens is 388 g/mol. The van der Waals surface area contributed by atoms with E-state index < -0.39 is 10.0 Å². The van der Waals surface area contributed by atoms with Gasteiger partial charge in [-0.15, -0.1) is 0 Å². The summed E-state index contributed by atoms with van der Waals surface area (Å²) in [4.78, 5) is 14.0. The molecule has 0 fully saturated rings. The number of hydrogen-bond donors (Lipinski definition) is 1. The van der Waals surface area contributed by atoms with Crippen molar-refractivity contribution in [3.05, 3.63) is 48.5 Å². The number of nitrogens with zero attached hydrogens (tertiary/aromatic N) is 1. The number of benzene rings is 2. The Morgan fingerprint density at radius 1 is 1.04 bits per heavy atom. The lowest BCUT2D eigenvalue weighted by Crippen LogP contribution is -2.16. The quantitative estimate of drug-likeness (QED) is 0.531. The number of hydrogen-bond acceptors (Lipinski definition) is 6. The van der Waals surface area contributed by atoms with E-state index >= 15 is 0 Å². The standard InChI is InChI=1S/C18H22N2O5S2/c1-20(2)18(21)26-16-8-4-14(5-9-16)19-27(22,23)17-10-6-15(7-11-17)25-13-12-24-3/h4-11,19H,12-13H2,1-3H3. The van der Waals surface area contributed by atoms with E-state index in [1.807, 2.05) is 0 Å². The monoisotopic (exact) mass is 410 g/mol. The zero-order chi connectivity index (χ0) is 19.9. The van der Waals surface area contributed by atoms with Crippen molar-refractivity contribution in [3.63, 3.8) is 0 Å². The Hall–Kier alpha value is -2.23. The summed E-state index contributed by atoms with van der Waals surface area (Å²) in [6.45, 7) is 0.845. The van der Waals surface area contributed by atoms with Crippen molar-refractivity contribution >= 4 is 32.7 Å². The zero-order valence-electron chi connectivity index (χ0n) is 15.3. The van der Waals surface area contributed by atoms with Gasteiger partial charge in [-0.3, -0.25) is 9.52 Å². The lowest BCUT2D eigenvalue weighted by Gasteiger charge is -2.11. The average molecular weight is 411 g/mol. The highest BCUT2D eigenvalue weighted by Gasteiger charge is 2.14. The molecule has 0 unspecified atom stereocenters. The van der Waals surface area contributed by atoms with Crippen LogP contribution in [0, 0.1) is 0 Å². The molecule has 0 saturated heterocycles. The molecule has 1 N–H and O–H groups in total. The maximum atomic E-state index is 12.5. The van der Waals surface area contributed by atoms with Crippen LogP contribution in [0.25, 0.3) is 0 Å². The van der Waals surface area contributed by atoms with Crippen LogP contribution < -0.4 is 9.46 Å². The molecule has 146 valence electrons. The highest BCUT2D eigenvalue weighted by molar-refractivity contribution is 8.13. The first-order chi connectivity index (χ1) is 12.8. The minimum atomic E-state index is -3.72. The minimum Gasteiger partial charge on any atom is -0.491 e. The fourth-order valence-corrected chi connectivity index (χ4v) is 3.67. The second-order valence-electron chi connectivity index (χ2n) is 5.70. The van der Waals surface area contributed by atoms with E-state index in [1.165, 1.54) is 17.0 Å². The van der Waals surface area contributed by atoms with Crippen molar-refractivity contribution in [2.45, 2.75) is 9.79 Å². The van der Waals surface area contributed by atoms with Crippen molar-refractivity contribution < 1.29 is 22.7 Å². The molecule has 0 aliphatic rings. The van der Waals surface area contributed by atoms with E-state index in [-0.39, 0.29) is 10.1 Å². The summed E-state index contributed by atoms with van der Waals surface area (Å²) in [6.07, 6.45) is 0. The van der Waals surface area contributed by atoms with Gasteiger partial charge in [0, 0.05) is 31.8 Å². The van der Waals surface area contributed by atoms with Gasteiger partial charge >= 0.3 is 0 Å². The molecule has 0 spiro atoms. The second-order valence-corrected chi connectivity index (χ2v) is 8.41. The van der Waals surface area contributed by atoms with Crippen LogP contribution in [0.1, 0.15) is 0 Å². The predicted molar refractivity (Wildman–Crippen MR) is 106 cm³/mol. The van der Waals surface area contributed by atoms with Crippen LogP contribution in [0.15, 0.2) is 58.3 Å². The number of amides is 1. The van der Waals surface area contributed by atoms with Gasteiger partial charge in [0.25, 0.3) is 15.3 Å².